The van der Waals surface area contributed by atoms with Crippen LogP contribution >= 0.6 is 15.9 Å². The predicted octanol–water partition coefficient (Wildman–Crippen LogP) is 4.46. The second kappa shape index (κ2) is 7.25. The molecule has 20 heavy (non-hydrogen) atoms. The summed E-state index contributed by atoms with van der Waals surface area (Å²) in [5, 5.41) is 19.8. The van der Waals surface area contributed by atoms with Crippen LogP contribution in [0.2, 0.25) is 0 Å². The fraction of sp³-hybridized carbons (Fsp3) is 0.500. The van der Waals surface area contributed by atoms with Crippen LogP contribution in [0.15, 0.2) is 22.7 Å². The Kier molecular flexibility index (Phi) is 5.96. The maximum atomic E-state index is 10.9. The van der Waals surface area contributed by atoms with Gasteiger partial charge in [-0.15, -0.1) is 0 Å². The van der Waals surface area contributed by atoms with Crippen LogP contribution in [-0.2, 0) is 0 Å². The van der Waals surface area contributed by atoms with Crippen molar-refractivity contribution in [2.24, 2.45) is 5.41 Å². The van der Waals surface area contributed by atoms with Crippen LogP contribution in [0.4, 0.5) is 5.69 Å². The molecular weight excluding hydrogens is 324 g/mol. The van der Waals surface area contributed by atoms with Crippen molar-refractivity contribution in [2.45, 2.75) is 33.1 Å². The number of hydrogen-bond acceptors (Lipinski definition) is 4. The summed E-state index contributed by atoms with van der Waals surface area (Å²) in [6.07, 6.45) is 2.40. The summed E-state index contributed by atoms with van der Waals surface area (Å²) >= 11 is 3.20. The maximum Gasteiger partial charge on any atom is 0.312 e. The van der Waals surface area contributed by atoms with Crippen molar-refractivity contribution in [3.63, 3.8) is 0 Å². The van der Waals surface area contributed by atoms with Crippen LogP contribution in [0, 0.1) is 26.9 Å². The molecule has 0 aliphatic carbocycles. The number of nitro groups is 1. The summed E-state index contributed by atoms with van der Waals surface area (Å²) in [7, 11) is 0. The molecule has 0 aromatic heterocycles. The summed E-state index contributed by atoms with van der Waals surface area (Å²) in [5.74, 6) is 0.276. The van der Waals surface area contributed by atoms with E-state index in [9.17, 15) is 10.1 Å². The first-order chi connectivity index (χ1) is 9.35. The molecule has 0 saturated heterocycles. The minimum Gasteiger partial charge on any atom is -0.487 e. The summed E-state index contributed by atoms with van der Waals surface area (Å²) in [5.41, 5.74) is -0.374. The quantitative estimate of drug-likeness (QED) is 0.417. The highest BCUT2D eigenvalue weighted by molar-refractivity contribution is 9.10. The van der Waals surface area contributed by atoms with Crippen LogP contribution in [0.3, 0.4) is 0 Å². The van der Waals surface area contributed by atoms with Gasteiger partial charge in [0.1, 0.15) is 0 Å². The van der Waals surface area contributed by atoms with Crippen LogP contribution in [0.1, 0.15) is 33.1 Å². The van der Waals surface area contributed by atoms with E-state index in [1.54, 1.807) is 12.1 Å². The number of nitriles is 1. The molecule has 1 aromatic rings. The van der Waals surface area contributed by atoms with Gasteiger partial charge in [0, 0.05) is 10.5 Å². The van der Waals surface area contributed by atoms with Gasteiger partial charge in [-0.2, -0.15) is 5.26 Å². The van der Waals surface area contributed by atoms with E-state index in [1.807, 2.05) is 13.8 Å². The molecule has 0 aliphatic heterocycles. The van der Waals surface area contributed by atoms with E-state index in [2.05, 4.69) is 22.0 Å². The highest BCUT2D eigenvalue weighted by Gasteiger charge is 2.17. The third kappa shape index (κ3) is 5.17. The van der Waals surface area contributed by atoms with Crippen LogP contribution in [0.25, 0.3) is 0 Å². The third-order valence-corrected chi connectivity index (χ3v) is 3.37. The lowest BCUT2D eigenvalue weighted by Gasteiger charge is -2.14. The molecule has 0 fully saturated rings. The molecule has 1 aromatic carbocycles. The van der Waals surface area contributed by atoms with Gasteiger partial charge in [0.25, 0.3) is 0 Å². The molecular formula is C14H17BrN2O3. The van der Waals surface area contributed by atoms with E-state index in [0.29, 0.717) is 11.1 Å². The number of nitro benzene ring substituents is 1. The molecule has 1 rings (SSSR count). The predicted molar refractivity (Wildman–Crippen MR) is 79.5 cm³/mol. The molecule has 108 valence electrons. The minimum atomic E-state index is -0.459. The first-order valence-corrected chi connectivity index (χ1v) is 7.13. The molecule has 0 bridgehead atoms. The number of nitrogens with zero attached hydrogens (tertiary/aromatic N) is 2. The van der Waals surface area contributed by atoms with E-state index in [1.165, 1.54) is 6.07 Å². The Morgan fingerprint density at radius 3 is 2.75 bits per heavy atom. The first kappa shape index (κ1) is 16.4. The summed E-state index contributed by atoms with van der Waals surface area (Å²) in [6, 6.07) is 6.96. The zero-order chi connectivity index (χ0) is 15.2. The highest BCUT2D eigenvalue weighted by Crippen LogP contribution is 2.30. The highest BCUT2D eigenvalue weighted by atomic mass is 79.9. The molecule has 5 nitrogen and oxygen atoms in total. The van der Waals surface area contributed by atoms with Gasteiger partial charge in [0.15, 0.2) is 5.75 Å². The number of halogens is 1. The minimum absolute atomic E-state index is 0.0447. The topological polar surface area (TPSA) is 76.2 Å². The number of hydrogen-bond donors (Lipinski definition) is 0. The fourth-order valence-corrected chi connectivity index (χ4v) is 2.01. The number of rotatable bonds is 7. The number of benzene rings is 1. The Morgan fingerprint density at radius 1 is 1.45 bits per heavy atom. The molecule has 0 atom stereocenters. The average molecular weight is 341 g/mol. The summed E-state index contributed by atoms with van der Waals surface area (Å²) in [4.78, 5) is 10.4. The van der Waals surface area contributed by atoms with Gasteiger partial charge < -0.3 is 4.74 Å². The molecule has 0 heterocycles. The largest absolute Gasteiger partial charge is 0.487 e. The zero-order valence-corrected chi connectivity index (χ0v) is 13.1. The van der Waals surface area contributed by atoms with Crippen LogP contribution < -0.4 is 4.74 Å². The van der Waals surface area contributed by atoms with Crippen molar-refractivity contribution in [2.75, 3.05) is 6.61 Å². The number of ether oxygens (including phenoxy) is 1. The van der Waals surface area contributed by atoms with E-state index < -0.39 is 4.92 Å². The second-order valence-corrected chi connectivity index (χ2v) is 6.09. The van der Waals surface area contributed by atoms with E-state index in [0.717, 1.165) is 19.3 Å². The van der Waals surface area contributed by atoms with Crippen molar-refractivity contribution in [1.82, 2.24) is 0 Å². The van der Waals surface area contributed by atoms with Crippen molar-refractivity contribution in [3.8, 4) is 11.8 Å². The lowest BCUT2D eigenvalue weighted by molar-refractivity contribution is -0.385. The van der Waals surface area contributed by atoms with Gasteiger partial charge in [-0.25, -0.2) is 0 Å². The lowest BCUT2D eigenvalue weighted by Crippen LogP contribution is -2.08. The monoisotopic (exact) mass is 340 g/mol. The summed E-state index contributed by atoms with van der Waals surface area (Å²) in [6.45, 7) is 4.20. The SMILES string of the molecule is CC(C)(C#N)CCCCOc1ccc(Br)cc1[N+](=O)[O-]. The van der Waals surface area contributed by atoms with Gasteiger partial charge in [0.2, 0.25) is 0 Å². The van der Waals surface area contributed by atoms with Gasteiger partial charge in [-0.1, -0.05) is 15.9 Å². The van der Waals surface area contributed by atoms with Crippen LogP contribution in [-0.4, -0.2) is 11.5 Å². The Labute approximate surface area is 126 Å². The van der Waals surface area contributed by atoms with E-state index in [-0.39, 0.29) is 16.9 Å². The molecule has 0 spiro atoms. The molecule has 0 saturated carbocycles. The standard InChI is InChI=1S/C14H17BrN2O3/c1-14(2,10-16)7-3-4-8-20-13-6-5-11(15)9-12(13)17(18)19/h5-6,9H,3-4,7-8H2,1-2H3. The molecule has 0 amide bonds. The van der Waals surface area contributed by atoms with Crippen molar-refractivity contribution in [1.29, 1.82) is 5.26 Å². The first-order valence-electron chi connectivity index (χ1n) is 6.34. The third-order valence-electron chi connectivity index (χ3n) is 2.87. The van der Waals surface area contributed by atoms with Crippen molar-refractivity contribution >= 4 is 21.6 Å². The zero-order valence-electron chi connectivity index (χ0n) is 11.6. The van der Waals surface area contributed by atoms with Crippen molar-refractivity contribution in [3.05, 3.63) is 32.8 Å². The Hall–Kier alpha value is -1.61. The second-order valence-electron chi connectivity index (χ2n) is 5.17. The Bertz CT molecular complexity index is 524. The molecule has 0 aliphatic rings. The molecule has 0 N–H and O–H groups in total. The molecule has 6 heteroatoms. The lowest BCUT2D eigenvalue weighted by atomic mass is 9.89. The number of unbranched alkanes of at least 4 members (excludes halogenated alkanes) is 1. The van der Waals surface area contributed by atoms with Gasteiger partial charge in [-0.05, 0) is 45.2 Å². The Balaban J connectivity index is 2.47. The fourth-order valence-electron chi connectivity index (χ4n) is 1.66. The molecule has 0 radical (unpaired) electrons. The van der Waals surface area contributed by atoms with Gasteiger partial charge in [-0.3, -0.25) is 10.1 Å². The van der Waals surface area contributed by atoms with Gasteiger partial charge >= 0.3 is 5.69 Å². The maximum absolute atomic E-state index is 10.9. The average Bonchev–Trinajstić information content (AvgIpc) is 2.39. The van der Waals surface area contributed by atoms with Crippen LogP contribution in [0.5, 0.6) is 5.75 Å². The normalized spacial score (nSPS) is 10.9. The van der Waals surface area contributed by atoms with E-state index >= 15 is 0 Å². The summed E-state index contributed by atoms with van der Waals surface area (Å²) < 4.78 is 6.10. The van der Waals surface area contributed by atoms with E-state index in [4.69, 9.17) is 10.00 Å². The van der Waals surface area contributed by atoms with Crippen molar-refractivity contribution < 1.29 is 9.66 Å². The van der Waals surface area contributed by atoms with Gasteiger partial charge in [0.05, 0.1) is 23.0 Å². The smallest absolute Gasteiger partial charge is 0.312 e. The Morgan fingerprint density at radius 2 is 2.15 bits per heavy atom. The molecule has 0 unspecified atom stereocenters.